The van der Waals surface area contributed by atoms with E-state index < -0.39 is 0 Å². The van der Waals surface area contributed by atoms with E-state index in [9.17, 15) is 4.79 Å². The second-order valence-electron chi connectivity index (χ2n) is 5.07. The van der Waals surface area contributed by atoms with E-state index in [1.807, 2.05) is 6.07 Å². The van der Waals surface area contributed by atoms with Crippen molar-refractivity contribution in [2.24, 2.45) is 0 Å². The number of carbonyl (C=O) groups excluding carboxylic acids is 1. The van der Waals surface area contributed by atoms with Gasteiger partial charge in [0, 0.05) is 17.2 Å². The van der Waals surface area contributed by atoms with Gasteiger partial charge in [-0.15, -0.1) is 0 Å². The molecule has 2 aromatic heterocycles. The first-order chi connectivity index (χ1) is 10.0. The smallest absolute Gasteiger partial charge is 0.415 e. The maximum atomic E-state index is 12.1. The van der Waals surface area contributed by atoms with E-state index >= 15 is 0 Å². The first-order valence-electron chi connectivity index (χ1n) is 6.69. The van der Waals surface area contributed by atoms with Gasteiger partial charge in [0.05, 0.1) is 17.3 Å². The van der Waals surface area contributed by atoms with Gasteiger partial charge in [0.25, 0.3) is 0 Å². The molecule has 1 N–H and O–H groups in total. The summed E-state index contributed by atoms with van der Waals surface area (Å²) in [6.07, 6.45) is 3.10. The van der Waals surface area contributed by atoms with Gasteiger partial charge < -0.3 is 9.72 Å². The highest BCUT2D eigenvalue weighted by molar-refractivity contribution is 9.10. The minimum absolute atomic E-state index is 0.107. The van der Waals surface area contributed by atoms with Crippen LogP contribution in [0.2, 0.25) is 0 Å². The molecule has 0 unspecified atom stereocenters. The minimum Gasteiger partial charge on any atom is -0.416 e. The fourth-order valence-electron chi connectivity index (χ4n) is 2.53. The van der Waals surface area contributed by atoms with Gasteiger partial charge in [-0.1, -0.05) is 6.58 Å². The molecule has 1 amide bonds. The number of aromatic nitrogens is 3. The molecule has 21 heavy (non-hydrogen) atoms. The zero-order chi connectivity index (χ0) is 15.0. The number of rotatable bonds is 2. The predicted octanol–water partition coefficient (Wildman–Crippen LogP) is 3.53. The Morgan fingerprint density at radius 3 is 3.19 bits per heavy atom. The molecule has 1 atom stereocenters. The van der Waals surface area contributed by atoms with Crippen LogP contribution in [0.3, 0.4) is 0 Å². The van der Waals surface area contributed by atoms with Crippen molar-refractivity contribution in [1.82, 2.24) is 19.9 Å². The zero-order valence-corrected chi connectivity index (χ0v) is 13.2. The lowest BCUT2D eigenvalue weighted by atomic mass is 10.2. The van der Waals surface area contributed by atoms with E-state index in [1.54, 1.807) is 18.0 Å². The highest BCUT2D eigenvalue weighted by atomic mass is 79.9. The van der Waals surface area contributed by atoms with Gasteiger partial charge >= 0.3 is 6.09 Å². The number of H-pyrrole nitrogens is 1. The standard InChI is InChI=1S/C14H15BrN4O2/c1-8(2)21-14(20)19-5-3-4-11(19)13-17-10-6-9(15)7-16-12(10)18-13/h6-7,11H,1,3-5H2,2H3,(H,16,17,18)/t11-/m0/s1. The van der Waals surface area contributed by atoms with E-state index in [-0.39, 0.29) is 12.1 Å². The number of imidazole rings is 1. The molecule has 1 aliphatic heterocycles. The van der Waals surface area contributed by atoms with E-state index in [0.29, 0.717) is 18.0 Å². The van der Waals surface area contributed by atoms with E-state index in [1.165, 1.54) is 0 Å². The van der Waals surface area contributed by atoms with Crippen LogP contribution >= 0.6 is 15.9 Å². The normalized spacial score (nSPS) is 18.2. The number of nitrogens with zero attached hydrogens (tertiary/aromatic N) is 3. The van der Waals surface area contributed by atoms with Crippen LogP contribution < -0.4 is 0 Å². The number of halogens is 1. The molecule has 0 radical (unpaired) electrons. The van der Waals surface area contributed by atoms with Crippen LogP contribution in [0.4, 0.5) is 4.79 Å². The topological polar surface area (TPSA) is 71.1 Å². The first-order valence-corrected chi connectivity index (χ1v) is 7.49. The van der Waals surface area contributed by atoms with E-state index in [0.717, 1.165) is 28.7 Å². The number of likely N-dealkylation sites (tertiary alicyclic amines) is 1. The Labute approximate surface area is 130 Å². The molecule has 0 saturated carbocycles. The summed E-state index contributed by atoms with van der Waals surface area (Å²) in [5.41, 5.74) is 1.49. The molecule has 0 aliphatic carbocycles. The van der Waals surface area contributed by atoms with Crippen LogP contribution in [-0.4, -0.2) is 32.5 Å². The van der Waals surface area contributed by atoms with Gasteiger partial charge in [0.15, 0.2) is 5.65 Å². The summed E-state index contributed by atoms with van der Waals surface area (Å²) in [6, 6.07) is 1.81. The minimum atomic E-state index is -0.375. The molecule has 110 valence electrons. The van der Waals surface area contributed by atoms with E-state index in [4.69, 9.17) is 4.74 Å². The van der Waals surface area contributed by atoms with Gasteiger partial charge in [-0.3, -0.25) is 4.90 Å². The third-order valence-electron chi connectivity index (χ3n) is 3.39. The Bertz CT molecular complexity index is 712. The van der Waals surface area contributed by atoms with Crippen LogP contribution in [0, 0.1) is 0 Å². The van der Waals surface area contributed by atoms with Crippen molar-refractivity contribution < 1.29 is 9.53 Å². The molecule has 3 rings (SSSR count). The summed E-state index contributed by atoms with van der Waals surface area (Å²) in [5.74, 6) is 1.13. The molecule has 0 aromatic carbocycles. The Kier molecular flexibility index (Phi) is 3.67. The molecular formula is C14H15BrN4O2. The third-order valence-corrected chi connectivity index (χ3v) is 3.82. The molecule has 1 fully saturated rings. The Hall–Kier alpha value is -1.89. The molecule has 1 saturated heterocycles. The second kappa shape index (κ2) is 5.48. The zero-order valence-electron chi connectivity index (χ0n) is 11.6. The van der Waals surface area contributed by atoms with E-state index in [2.05, 4.69) is 37.5 Å². The highest BCUT2D eigenvalue weighted by Crippen LogP contribution is 2.32. The first kappa shape index (κ1) is 14.1. The number of pyridine rings is 1. The molecule has 6 nitrogen and oxygen atoms in total. The fourth-order valence-corrected chi connectivity index (χ4v) is 2.86. The van der Waals surface area contributed by atoms with Gasteiger partial charge in [-0.2, -0.15) is 0 Å². The van der Waals surface area contributed by atoms with Gasteiger partial charge in [-0.25, -0.2) is 14.8 Å². The molecule has 3 heterocycles. The number of aromatic amines is 1. The van der Waals surface area contributed by atoms with Crippen molar-refractivity contribution in [1.29, 1.82) is 0 Å². The summed E-state index contributed by atoms with van der Waals surface area (Å²) in [6.45, 7) is 5.92. The van der Waals surface area contributed by atoms with Gasteiger partial charge in [0.1, 0.15) is 5.82 Å². The van der Waals surface area contributed by atoms with Gasteiger partial charge in [0.2, 0.25) is 0 Å². The van der Waals surface area contributed by atoms with Crippen molar-refractivity contribution in [2.75, 3.05) is 6.54 Å². The Morgan fingerprint density at radius 1 is 1.62 bits per heavy atom. The molecular weight excluding hydrogens is 336 g/mol. The van der Waals surface area contributed by atoms with Crippen LogP contribution in [0.25, 0.3) is 11.2 Å². The highest BCUT2D eigenvalue weighted by Gasteiger charge is 2.33. The average molecular weight is 351 g/mol. The van der Waals surface area contributed by atoms with Crippen LogP contribution in [-0.2, 0) is 4.74 Å². The van der Waals surface area contributed by atoms with Crippen molar-refractivity contribution in [3.8, 4) is 0 Å². The molecule has 0 spiro atoms. The Balaban J connectivity index is 1.89. The number of hydrogen-bond acceptors (Lipinski definition) is 4. The monoisotopic (exact) mass is 350 g/mol. The molecule has 7 heteroatoms. The quantitative estimate of drug-likeness (QED) is 0.841. The lowest BCUT2D eigenvalue weighted by Crippen LogP contribution is -2.31. The average Bonchev–Trinajstić information content (AvgIpc) is 3.02. The second-order valence-corrected chi connectivity index (χ2v) is 5.98. The third kappa shape index (κ3) is 2.78. The number of ether oxygens (including phenoxy) is 1. The maximum absolute atomic E-state index is 12.1. The van der Waals surface area contributed by atoms with Crippen molar-refractivity contribution in [3.63, 3.8) is 0 Å². The van der Waals surface area contributed by atoms with Crippen LogP contribution in [0.1, 0.15) is 31.6 Å². The maximum Gasteiger partial charge on any atom is 0.415 e. The van der Waals surface area contributed by atoms with Crippen molar-refractivity contribution >= 4 is 33.2 Å². The predicted molar refractivity (Wildman–Crippen MR) is 81.6 cm³/mol. The van der Waals surface area contributed by atoms with Gasteiger partial charge in [-0.05, 0) is 41.8 Å². The SMILES string of the molecule is C=C(C)OC(=O)N1CCC[C@H]1c1nc2ncc(Br)cc2[nH]1. The summed E-state index contributed by atoms with van der Waals surface area (Å²) >= 11 is 3.38. The van der Waals surface area contributed by atoms with Crippen molar-refractivity contribution in [3.05, 3.63) is 34.9 Å². The van der Waals surface area contributed by atoms with Crippen molar-refractivity contribution in [2.45, 2.75) is 25.8 Å². The lowest BCUT2D eigenvalue weighted by Gasteiger charge is -2.22. The number of hydrogen-bond donors (Lipinski definition) is 1. The molecule has 2 aromatic rings. The molecule has 1 aliphatic rings. The number of amides is 1. The number of nitrogens with one attached hydrogen (secondary N) is 1. The Morgan fingerprint density at radius 2 is 2.43 bits per heavy atom. The number of carbonyl (C=O) groups is 1. The summed E-state index contributed by atoms with van der Waals surface area (Å²) in [4.78, 5) is 25.8. The fraction of sp³-hybridized carbons (Fsp3) is 0.357. The van der Waals surface area contributed by atoms with Crippen LogP contribution in [0.15, 0.2) is 29.1 Å². The summed E-state index contributed by atoms with van der Waals surface area (Å²) in [7, 11) is 0. The molecule has 0 bridgehead atoms. The summed E-state index contributed by atoms with van der Waals surface area (Å²) < 4.78 is 5.99. The number of fused-ring (bicyclic) bond motifs is 1. The summed E-state index contributed by atoms with van der Waals surface area (Å²) in [5, 5.41) is 0. The van der Waals surface area contributed by atoms with Crippen LogP contribution in [0.5, 0.6) is 0 Å². The largest absolute Gasteiger partial charge is 0.416 e. The lowest BCUT2D eigenvalue weighted by molar-refractivity contribution is 0.123. The number of allylic oxidation sites excluding steroid dienone is 1.